The number of halogens is 1. The second-order valence-corrected chi connectivity index (χ2v) is 5.89. The molecule has 0 spiro atoms. The molecule has 2 atom stereocenters. The van der Waals surface area contributed by atoms with Crippen LogP contribution in [0.1, 0.15) is 38.2 Å². The molecule has 1 saturated heterocycles. The molecule has 1 fully saturated rings. The van der Waals surface area contributed by atoms with Crippen LogP contribution in [0.3, 0.4) is 0 Å². The molecule has 1 aliphatic rings. The molecule has 0 radical (unpaired) electrons. The van der Waals surface area contributed by atoms with Crippen LogP contribution in [0.5, 0.6) is 0 Å². The molecule has 2 rings (SSSR count). The van der Waals surface area contributed by atoms with E-state index >= 15 is 0 Å². The highest BCUT2D eigenvalue weighted by atomic mass is 35.5. The Hall–Kier alpha value is -1.59. The fourth-order valence-electron chi connectivity index (χ4n) is 2.73. The molecule has 1 amide bonds. The van der Waals surface area contributed by atoms with E-state index in [1.165, 1.54) is 0 Å². The zero-order valence-corrected chi connectivity index (χ0v) is 13.2. The number of ether oxygens (including phenoxy) is 1. The number of carbonyl (C=O) groups excluding carboxylic acids is 1. The molecule has 0 aliphatic carbocycles. The second-order valence-electron chi connectivity index (χ2n) is 5.46. The van der Waals surface area contributed by atoms with Crippen LogP contribution in [-0.2, 0) is 19.9 Å². The van der Waals surface area contributed by atoms with E-state index < -0.39 is 11.5 Å². The lowest BCUT2D eigenvalue weighted by molar-refractivity contribution is -0.148. The number of carboxylic acid groups (broad SMARTS) is 1. The van der Waals surface area contributed by atoms with Crippen LogP contribution >= 0.6 is 11.6 Å². The highest BCUT2D eigenvalue weighted by molar-refractivity contribution is 6.30. The average molecular weight is 326 g/mol. The van der Waals surface area contributed by atoms with Crippen LogP contribution < -0.4 is 5.32 Å². The Morgan fingerprint density at radius 1 is 1.41 bits per heavy atom. The molecule has 22 heavy (non-hydrogen) atoms. The maximum Gasteiger partial charge on any atom is 0.334 e. The predicted octanol–water partition coefficient (Wildman–Crippen LogP) is 2.72. The van der Waals surface area contributed by atoms with E-state index in [0.29, 0.717) is 17.2 Å². The van der Waals surface area contributed by atoms with E-state index in [0.717, 1.165) is 12.8 Å². The Labute approximate surface area is 134 Å². The summed E-state index contributed by atoms with van der Waals surface area (Å²) < 4.78 is 5.43. The Morgan fingerprint density at radius 3 is 2.59 bits per heavy atom. The number of nitrogens with one attached hydrogen (secondary N) is 1. The molecule has 1 aromatic carbocycles. The first-order chi connectivity index (χ1) is 10.5. The van der Waals surface area contributed by atoms with Gasteiger partial charge in [0.15, 0.2) is 5.54 Å². The number of rotatable bonds is 6. The molecule has 5 nitrogen and oxygen atoms in total. The minimum absolute atomic E-state index is 0.117. The van der Waals surface area contributed by atoms with E-state index in [1.807, 2.05) is 0 Å². The van der Waals surface area contributed by atoms with Crippen LogP contribution in [0.25, 0.3) is 0 Å². The standard InChI is InChI=1S/C16H20ClNO4/c1-2-16(15(20)21,11-5-7-12(17)8-6-11)18-14(19)10-13-4-3-9-22-13/h5-8,13H,2-4,9-10H2,1H3,(H,18,19)(H,20,21). The quantitative estimate of drug-likeness (QED) is 0.843. The fourth-order valence-corrected chi connectivity index (χ4v) is 2.85. The van der Waals surface area contributed by atoms with E-state index in [-0.39, 0.29) is 24.9 Å². The van der Waals surface area contributed by atoms with Crippen molar-refractivity contribution in [2.24, 2.45) is 0 Å². The first-order valence-electron chi connectivity index (χ1n) is 7.40. The van der Waals surface area contributed by atoms with Crippen molar-refractivity contribution >= 4 is 23.5 Å². The molecule has 2 unspecified atom stereocenters. The number of hydrogen-bond acceptors (Lipinski definition) is 3. The summed E-state index contributed by atoms with van der Waals surface area (Å²) in [6.45, 7) is 2.39. The molecule has 1 heterocycles. The first kappa shape index (κ1) is 16.8. The second kappa shape index (κ2) is 7.11. The average Bonchev–Trinajstić information content (AvgIpc) is 2.98. The molecule has 0 aromatic heterocycles. The van der Waals surface area contributed by atoms with Crippen molar-refractivity contribution in [3.8, 4) is 0 Å². The van der Waals surface area contributed by atoms with E-state index in [4.69, 9.17) is 16.3 Å². The zero-order valence-electron chi connectivity index (χ0n) is 12.5. The fraction of sp³-hybridized carbons (Fsp3) is 0.500. The molecular formula is C16H20ClNO4. The van der Waals surface area contributed by atoms with Gasteiger partial charge < -0.3 is 15.2 Å². The lowest BCUT2D eigenvalue weighted by atomic mass is 9.87. The van der Waals surface area contributed by atoms with Gasteiger partial charge in [-0.25, -0.2) is 4.79 Å². The van der Waals surface area contributed by atoms with Gasteiger partial charge in [-0.1, -0.05) is 30.7 Å². The Morgan fingerprint density at radius 2 is 2.09 bits per heavy atom. The number of carboxylic acids is 1. The summed E-state index contributed by atoms with van der Waals surface area (Å²) >= 11 is 5.85. The van der Waals surface area contributed by atoms with Gasteiger partial charge >= 0.3 is 5.97 Å². The summed E-state index contributed by atoms with van der Waals surface area (Å²) in [6, 6.07) is 6.51. The van der Waals surface area contributed by atoms with E-state index in [9.17, 15) is 14.7 Å². The van der Waals surface area contributed by atoms with Gasteiger partial charge in [-0.2, -0.15) is 0 Å². The number of amides is 1. The highest BCUT2D eigenvalue weighted by Gasteiger charge is 2.40. The molecule has 1 aliphatic heterocycles. The Balaban J connectivity index is 2.19. The molecule has 1 aromatic rings. The lowest BCUT2D eigenvalue weighted by Gasteiger charge is -2.30. The molecular weight excluding hydrogens is 306 g/mol. The largest absolute Gasteiger partial charge is 0.479 e. The van der Waals surface area contributed by atoms with Crippen LogP contribution in [0.15, 0.2) is 24.3 Å². The van der Waals surface area contributed by atoms with Crippen LogP contribution in [0.2, 0.25) is 5.02 Å². The number of hydrogen-bond donors (Lipinski definition) is 2. The maximum absolute atomic E-state index is 12.2. The van der Waals surface area contributed by atoms with E-state index in [2.05, 4.69) is 5.32 Å². The number of carbonyl (C=O) groups is 2. The topological polar surface area (TPSA) is 75.6 Å². The van der Waals surface area contributed by atoms with E-state index in [1.54, 1.807) is 31.2 Å². The molecule has 0 saturated carbocycles. The van der Waals surface area contributed by atoms with Gasteiger partial charge in [0.2, 0.25) is 5.91 Å². The summed E-state index contributed by atoms with van der Waals surface area (Å²) in [7, 11) is 0. The van der Waals surface area contributed by atoms with Crippen molar-refractivity contribution < 1.29 is 19.4 Å². The summed E-state index contributed by atoms with van der Waals surface area (Å²) in [4.78, 5) is 24.1. The van der Waals surface area contributed by atoms with Gasteiger partial charge in [0.25, 0.3) is 0 Å². The SMILES string of the molecule is CCC(NC(=O)CC1CCCO1)(C(=O)O)c1ccc(Cl)cc1. The van der Waals surface area contributed by atoms with Gasteiger partial charge in [0, 0.05) is 11.6 Å². The monoisotopic (exact) mass is 325 g/mol. The van der Waals surface area contributed by atoms with Crippen molar-refractivity contribution in [3.63, 3.8) is 0 Å². The Kier molecular flexibility index (Phi) is 5.42. The summed E-state index contributed by atoms with van der Waals surface area (Å²) in [5.41, 5.74) is -0.937. The van der Waals surface area contributed by atoms with Crippen molar-refractivity contribution in [1.29, 1.82) is 0 Å². The molecule has 2 N–H and O–H groups in total. The lowest BCUT2D eigenvalue weighted by Crippen LogP contribution is -2.52. The summed E-state index contributed by atoms with van der Waals surface area (Å²) in [5, 5.41) is 12.9. The van der Waals surface area contributed by atoms with Gasteiger partial charge in [0.05, 0.1) is 12.5 Å². The normalized spacial score (nSPS) is 20.4. The zero-order chi connectivity index (χ0) is 16.2. The first-order valence-corrected chi connectivity index (χ1v) is 7.78. The van der Waals surface area contributed by atoms with Crippen molar-refractivity contribution in [2.45, 2.75) is 44.2 Å². The van der Waals surface area contributed by atoms with Gasteiger partial charge in [-0.05, 0) is 37.0 Å². The highest BCUT2D eigenvalue weighted by Crippen LogP contribution is 2.27. The smallest absolute Gasteiger partial charge is 0.334 e. The van der Waals surface area contributed by atoms with Crippen molar-refractivity contribution in [2.75, 3.05) is 6.61 Å². The van der Waals surface area contributed by atoms with Crippen LogP contribution in [0.4, 0.5) is 0 Å². The van der Waals surface area contributed by atoms with Crippen molar-refractivity contribution in [3.05, 3.63) is 34.9 Å². The van der Waals surface area contributed by atoms with Gasteiger partial charge in [-0.3, -0.25) is 4.79 Å². The minimum Gasteiger partial charge on any atom is -0.479 e. The number of benzene rings is 1. The molecule has 120 valence electrons. The number of aliphatic carboxylic acids is 1. The molecule has 0 bridgehead atoms. The third-order valence-electron chi connectivity index (χ3n) is 4.02. The summed E-state index contributed by atoms with van der Waals surface area (Å²) in [5.74, 6) is -1.40. The van der Waals surface area contributed by atoms with Crippen molar-refractivity contribution in [1.82, 2.24) is 5.32 Å². The van der Waals surface area contributed by atoms with Crippen LogP contribution in [-0.4, -0.2) is 29.7 Å². The van der Waals surface area contributed by atoms with Crippen LogP contribution in [0, 0.1) is 0 Å². The minimum atomic E-state index is -1.44. The maximum atomic E-state index is 12.2. The third-order valence-corrected chi connectivity index (χ3v) is 4.27. The molecule has 6 heteroatoms. The van der Waals surface area contributed by atoms with Gasteiger partial charge in [0.1, 0.15) is 0 Å². The Bertz CT molecular complexity index is 540. The third kappa shape index (κ3) is 3.59. The predicted molar refractivity (Wildman–Crippen MR) is 82.8 cm³/mol. The summed E-state index contributed by atoms with van der Waals surface area (Å²) in [6.07, 6.45) is 2.07. The van der Waals surface area contributed by atoms with Gasteiger partial charge in [-0.15, -0.1) is 0 Å².